The third kappa shape index (κ3) is 3.98. The van der Waals surface area contributed by atoms with Crippen LogP contribution in [0.15, 0.2) is 35.3 Å². The lowest BCUT2D eigenvalue weighted by Gasteiger charge is -2.15. The van der Waals surface area contributed by atoms with Crippen LogP contribution in [0, 0.1) is 13.8 Å². The summed E-state index contributed by atoms with van der Waals surface area (Å²) in [5.41, 5.74) is 10.2. The van der Waals surface area contributed by atoms with Crippen molar-refractivity contribution >= 4 is 33.9 Å². The molecule has 4 aromatic rings. The number of pyridine rings is 1. The first-order valence-electron chi connectivity index (χ1n) is 11.3. The molecular formula is C25H29N5O4. The molecule has 0 aliphatic carbocycles. The summed E-state index contributed by atoms with van der Waals surface area (Å²) in [6, 6.07) is 6.79. The zero-order valence-corrected chi connectivity index (χ0v) is 19.8. The predicted octanol–water partition coefficient (Wildman–Crippen LogP) is 3.27. The number of aromatic nitrogens is 4. The van der Waals surface area contributed by atoms with E-state index < -0.39 is 17.9 Å². The van der Waals surface area contributed by atoms with Crippen molar-refractivity contribution in [1.29, 1.82) is 0 Å². The van der Waals surface area contributed by atoms with E-state index in [1.165, 1.54) is 10.6 Å². The number of imidazole rings is 1. The van der Waals surface area contributed by atoms with E-state index >= 15 is 0 Å². The summed E-state index contributed by atoms with van der Waals surface area (Å²) in [5.74, 6) is -1.71. The Kier molecular flexibility index (Phi) is 6.03. The third-order valence-corrected chi connectivity index (χ3v) is 6.30. The number of aliphatic carboxylic acids is 1. The van der Waals surface area contributed by atoms with Crippen molar-refractivity contribution in [3.63, 3.8) is 0 Å². The number of hydrogen-bond acceptors (Lipinski definition) is 4. The predicted molar refractivity (Wildman–Crippen MR) is 130 cm³/mol. The first kappa shape index (κ1) is 23.3. The van der Waals surface area contributed by atoms with Crippen LogP contribution in [-0.4, -0.2) is 35.7 Å². The van der Waals surface area contributed by atoms with E-state index in [1.54, 1.807) is 10.6 Å². The van der Waals surface area contributed by atoms with Crippen LogP contribution in [0.3, 0.4) is 0 Å². The number of carboxylic acids is 1. The second kappa shape index (κ2) is 8.81. The molecule has 0 spiro atoms. The summed E-state index contributed by atoms with van der Waals surface area (Å²) in [7, 11) is 1.97. The van der Waals surface area contributed by atoms with Crippen LogP contribution in [0.2, 0.25) is 0 Å². The van der Waals surface area contributed by atoms with Crippen molar-refractivity contribution in [3.8, 4) is 0 Å². The van der Waals surface area contributed by atoms with Gasteiger partial charge in [-0.2, -0.15) is 0 Å². The maximum Gasteiger partial charge on any atom is 0.330 e. The maximum atomic E-state index is 13.7. The minimum Gasteiger partial charge on any atom is -0.481 e. The van der Waals surface area contributed by atoms with Crippen molar-refractivity contribution < 1.29 is 14.7 Å². The number of amides is 1. The molecule has 3 aromatic heterocycles. The zero-order chi connectivity index (χ0) is 24.7. The number of benzene rings is 1. The molecule has 9 heteroatoms. The maximum absolute atomic E-state index is 13.7. The van der Waals surface area contributed by atoms with Gasteiger partial charge in [0.1, 0.15) is 5.69 Å². The molecule has 0 radical (unpaired) electrons. The largest absolute Gasteiger partial charge is 0.481 e. The monoisotopic (exact) mass is 463 g/mol. The van der Waals surface area contributed by atoms with Gasteiger partial charge < -0.3 is 15.4 Å². The molecule has 3 heterocycles. The lowest BCUT2D eigenvalue weighted by molar-refractivity contribution is -0.137. The Labute approximate surface area is 196 Å². The fraction of sp³-hybridized carbons (Fsp3) is 0.360. The van der Waals surface area contributed by atoms with Crippen molar-refractivity contribution in [2.24, 2.45) is 12.8 Å². The lowest BCUT2D eigenvalue weighted by Crippen LogP contribution is -2.29. The smallest absolute Gasteiger partial charge is 0.330 e. The van der Waals surface area contributed by atoms with E-state index in [-0.39, 0.29) is 30.0 Å². The number of hydrogen-bond donors (Lipinski definition) is 2. The van der Waals surface area contributed by atoms with Gasteiger partial charge in [-0.25, -0.2) is 9.78 Å². The number of carboxylic acid groups (broad SMARTS) is 1. The summed E-state index contributed by atoms with van der Waals surface area (Å²) in [5, 5.41) is 10.6. The quantitative estimate of drug-likeness (QED) is 0.415. The molecule has 0 aliphatic rings. The lowest BCUT2D eigenvalue weighted by atomic mass is 10.0. The fourth-order valence-corrected chi connectivity index (χ4v) is 4.93. The van der Waals surface area contributed by atoms with Gasteiger partial charge in [0.2, 0.25) is 0 Å². The summed E-state index contributed by atoms with van der Waals surface area (Å²) in [6.45, 7) is 6.32. The highest BCUT2D eigenvalue weighted by Gasteiger charge is 2.25. The van der Waals surface area contributed by atoms with Crippen LogP contribution in [0.4, 0.5) is 0 Å². The van der Waals surface area contributed by atoms with E-state index in [1.807, 2.05) is 24.7 Å². The SMILES string of the molecule is CCCC(CC(=O)O)n1c(=O)n(Cc2cn(C)c3cc(C)cc(C)c23)c2ccc(C(N)=O)nc21. The van der Waals surface area contributed by atoms with Crippen LogP contribution in [0.5, 0.6) is 0 Å². The second-order valence-corrected chi connectivity index (χ2v) is 8.92. The summed E-state index contributed by atoms with van der Waals surface area (Å²) in [4.78, 5) is 41.5. The van der Waals surface area contributed by atoms with Gasteiger partial charge in [-0.15, -0.1) is 0 Å². The summed E-state index contributed by atoms with van der Waals surface area (Å²) < 4.78 is 5.07. The van der Waals surface area contributed by atoms with Crippen molar-refractivity contribution in [2.75, 3.05) is 0 Å². The van der Waals surface area contributed by atoms with Crippen LogP contribution < -0.4 is 11.4 Å². The third-order valence-electron chi connectivity index (χ3n) is 6.30. The van der Waals surface area contributed by atoms with Crippen LogP contribution >= 0.6 is 0 Å². The van der Waals surface area contributed by atoms with Gasteiger partial charge in [0.15, 0.2) is 5.65 Å². The Morgan fingerprint density at radius 3 is 2.56 bits per heavy atom. The van der Waals surface area contributed by atoms with Gasteiger partial charge in [-0.3, -0.25) is 18.7 Å². The Hall–Kier alpha value is -3.88. The van der Waals surface area contributed by atoms with Crippen molar-refractivity contribution in [1.82, 2.24) is 18.7 Å². The van der Waals surface area contributed by atoms with E-state index in [2.05, 4.69) is 31.0 Å². The molecule has 0 aliphatic heterocycles. The first-order chi connectivity index (χ1) is 16.1. The van der Waals surface area contributed by atoms with Gasteiger partial charge in [0.25, 0.3) is 5.91 Å². The second-order valence-electron chi connectivity index (χ2n) is 8.92. The minimum absolute atomic E-state index is 0.0282. The average molecular weight is 464 g/mol. The van der Waals surface area contributed by atoms with Gasteiger partial charge in [-0.1, -0.05) is 19.4 Å². The van der Waals surface area contributed by atoms with Gasteiger partial charge in [-0.05, 0) is 55.2 Å². The molecule has 9 nitrogen and oxygen atoms in total. The molecule has 1 atom stereocenters. The average Bonchev–Trinajstić information content (AvgIpc) is 3.21. The van der Waals surface area contributed by atoms with Gasteiger partial charge in [0, 0.05) is 24.1 Å². The number of nitrogens with two attached hydrogens (primary N) is 1. The highest BCUT2D eigenvalue weighted by molar-refractivity contribution is 5.93. The van der Waals surface area contributed by atoms with E-state index in [9.17, 15) is 19.5 Å². The molecule has 3 N–H and O–H groups in total. The Morgan fingerprint density at radius 1 is 1.18 bits per heavy atom. The topological polar surface area (TPSA) is 125 Å². The van der Waals surface area contributed by atoms with Gasteiger partial charge in [0.05, 0.1) is 24.5 Å². The number of rotatable bonds is 8. The molecule has 0 fully saturated rings. The molecule has 0 bridgehead atoms. The van der Waals surface area contributed by atoms with Crippen LogP contribution in [0.25, 0.3) is 22.1 Å². The summed E-state index contributed by atoms with van der Waals surface area (Å²) >= 11 is 0. The molecule has 0 saturated heterocycles. The molecule has 4 rings (SSSR count). The Bertz CT molecular complexity index is 1490. The highest BCUT2D eigenvalue weighted by atomic mass is 16.4. The number of carbonyl (C=O) groups excluding carboxylic acids is 1. The van der Waals surface area contributed by atoms with Crippen molar-refractivity contribution in [2.45, 2.75) is 52.6 Å². The van der Waals surface area contributed by atoms with Crippen LogP contribution in [-0.2, 0) is 18.4 Å². The van der Waals surface area contributed by atoms with E-state index in [0.29, 0.717) is 18.4 Å². The van der Waals surface area contributed by atoms with Gasteiger partial charge >= 0.3 is 11.7 Å². The standard InChI is InChI=1S/C25H29N5O4/c1-5-6-17(11-21(31)32)30-24-19(8-7-18(27-24)23(26)33)29(25(30)34)13-16-12-28(4)20-10-14(2)9-15(3)22(16)20/h7-10,12,17H,5-6,11,13H2,1-4H3,(H2,26,33)(H,31,32). The molecule has 0 saturated carbocycles. The number of carbonyl (C=O) groups is 2. The number of nitrogens with zero attached hydrogens (tertiary/aromatic N) is 4. The van der Waals surface area contributed by atoms with Crippen LogP contribution in [0.1, 0.15) is 59.4 Å². The molecule has 1 aromatic carbocycles. The highest BCUT2D eigenvalue weighted by Crippen LogP contribution is 2.28. The Balaban J connectivity index is 1.96. The minimum atomic E-state index is -1.00. The van der Waals surface area contributed by atoms with Crippen molar-refractivity contribution in [3.05, 3.63) is 63.3 Å². The fourth-order valence-electron chi connectivity index (χ4n) is 4.93. The zero-order valence-electron chi connectivity index (χ0n) is 19.8. The molecular weight excluding hydrogens is 434 g/mol. The first-order valence-corrected chi connectivity index (χ1v) is 11.3. The van der Waals surface area contributed by atoms with E-state index in [4.69, 9.17) is 5.73 Å². The molecule has 1 amide bonds. The molecule has 178 valence electrons. The normalized spacial score (nSPS) is 12.5. The summed E-state index contributed by atoms with van der Waals surface area (Å²) in [6.07, 6.45) is 2.97. The number of aryl methyl sites for hydroxylation is 3. The molecule has 1 unspecified atom stereocenters. The van der Waals surface area contributed by atoms with E-state index in [0.717, 1.165) is 27.6 Å². The number of fused-ring (bicyclic) bond motifs is 2. The molecule has 34 heavy (non-hydrogen) atoms. The number of primary amides is 1. The Morgan fingerprint density at radius 2 is 1.91 bits per heavy atom.